The van der Waals surface area contributed by atoms with Gasteiger partial charge in [0.05, 0.1) is 0 Å². The van der Waals surface area contributed by atoms with E-state index in [2.05, 4.69) is 200 Å². The first-order chi connectivity index (χ1) is 27.1. The average molecular weight is 867 g/mol. The quantitative estimate of drug-likeness (QED) is 0.115. The molecule has 0 atom stereocenters. The molecule has 0 aromatic heterocycles. The monoisotopic (exact) mass is 864 g/mol. The van der Waals surface area contributed by atoms with Gasteiger partial charge in [0.2, 0.25) is 0 Å². The van der Waals surface area contributed by atoms with Gasteiger partial charge in [-0.25, -0.2) is 0 Å². The van der Waals surface area contributed by atoms with Crippen molar-refractivity contribution in [1.29, 1.82) is 0 Å². The first kappa shape index (κ1) is 43.3. The second-order valence-corrected chi connectivity index (χ2v) is 19.2. The van der Waals surface area contributed by atoms with Gasteiger partial charge in [0.25, 0.3) is 0 Å². The van der Waals surface area contributed by atoms with Crippen molar-refractivity contribution in [3.63, 3.8) is 0 Å². The average Bonchev–Trinajstić information content (AvgIpc) is 3.85. The second kappa shape index (κ2) is 21.1. The maximum absolute atomic E-state index is 4.93. The van der Waals surface area contributed by atoms with Crippen LogP contribution in [0.3, 0.4) is 0 Å². The third-order valence-corrected chi connectivity index (χ3v) is 10.2. The molecule has 0 aliphatic carbocycles. The Morgan fingerprint density at radius 1 is 0.429 bits per heavy atom. The van der Waals surface area contributed by atoms with Gasteiger partial charge >= 0.3 is 37.9 Å². The van der Waals surface area contributed by atoms with E-state index in [9.17, 15) is 0 Å². The van der Waals surface area contributed by atoms with Gasteiger partial charge in [-0.1, -0.05) is 204 Å². The van der Waals surface area contributed by atoms with Gasteiger partial charge in [0, 0.05) is 9.52 Å². The topological polar surface area (TPSA) is 0 Å². The molecule has 282 valence electrons. The molecule has 0 nitrogen and oxygen atoms in total. The van der Waals surface area contributed by atoms with E-state index in [1.54, 1.807) is 0 Å². The summed E-state index contributed by atoms with van der Waals surface area (Å²) in [5.41, 5.74) is 18.5. The van der Waals surface area contributed by atoms with Crippen LogP contribution in [0.4, 0.5) is 0 Å². The minimum atomic E-state index is -0.826. The van der Waals surface area contributed by atoms with Crippen LogP contribution in [0.1, 0.15) is 47.2 Å². The van der Waals surface area contributed by atoms with E-state index in [0.29, 0.717) is 0 Å². The Morgan fingerprint density at radius 3 is 0.911 bits per heavy atom. The number of hydrogen-bond acceptors (Lipinski definition) is 0. The van der Waals surface area contributed by atoms with Crippen molar-refractivity contribution in [1.82, 2.24) is 0 Å². The summed E-state index contributed by atoms with van der Waals surface area (Å²) in [7, 11) is 11.0. The molecule has 0 bridgehead atoms. The van der Waals surface area contributed by atoms with E-state index < -0.39 is 20.8 Å². The van der Waals surface area contributed by atoms with E-state index in [4.69, 9.17) is 17.0 Å². The fourth-order valence-electron chi connectivity index (χ4n) is 7.07. The second-order valence-electron chi connectivity index (χ2n) is 14.4. The summed E-state index contributed by atoms with van der Waals surface area (Å²) in [5, 5.41) is 5.44. The summed E-state index contributed by atoms with van der Waals surface area (Å²) >= 11 is -0.826. The van der Waals surface area contributed by atoms with Crippen molar-refractivity contribution in [2.75, 3.05) is 0 Å². The molecule has 0 unspecified atom stereocenters. The van der Waals surface area contributed by atoms with E-state index in [1.807, 2.05) is 0 Å². The number of benzene rings is 6. The van der Waals surface area contributed by atoms with Gasteiger partial charge in [-0.15, -0.1) is 44.8 Å². The Labute approximate surface area is 357 Å². The summed E-state index contributed by atoms with van der Waals surface area (Å²) in [6.07, 6.45) is 2.13. The first-order valence-electron chi connectivity index (χ1n) is 19.4. The number of fused-ring (bicyclic) bond motifs is 2. The molecular weight excluding hydrogens is 815 g/mol. The van der Waals surface area contributed by atoms with Gasteiger partial charge in [0.1, 0.15) is 0 Å². The van der Waals surface area contributed by atoms with Crippen molar-refractivity contribution < 1.29 is 20.8 Å². The molecule has 56 heavy (non-hydrogen) atoms. The molecule has 4 heteroatoms. The van der Waals surface area contributed by atoms with Crippen LogP contribution >= 0.6 is 17.0 Å². The van der Waals surface area contributed by atoms with Crippen LogP contribution in [-0.4, -0.2) is 9.52 Å². The van der Waals surface area contributed by atoms with Crippen molar-refractivity contribution in [3.05, 3.63) is 179 Å². The summed E-state index contributed by atoms with van der Waals surface area (Å²) in [6.45, 7) is 17.3. The van der Waals surface area contributed by atoms with Crippen molar-refractivity contribution >= 4 is 48.1 Å². The standard InChI is InChI=1S/2C25H23.C2H6Si.2ClH.Zr/c2*1-4-19-15-24-22(20-9-5-17(2)6-10-20)13-14-23(25(24)16-19)21-11-7-18(3)8-12-21;1-3-2;;;/h2*5-16H,4H2,1-3H3;1-2H3;2*1H;/q2*-1;;;;+4/p-2. The molecule has 0 spiro atoms. The zero-order chi connectivity index (χ0) is 40.2. The molecule has 8 aromatic carbocycles. The van der Waals surface area contributed by atoms with Gasteiger partial charge in [-0.2, -0.15) is 12.1 Å². The molecule has 2 radical (unpaired) electrons. The molecule has 0 aliphatic rings. The Hall–Kier alpha value is -3.78. The van der Waals surface area contributed by atoms with Crippen LogP contribution < -0.4 is 0 Å². The molecule has 8 aromatic rings. The summed E-state index contributed by atoms with van der Waals surface area (Å²) in [4.78, 5) is 0. The summed E-state index contributed by atoms with van der Waals surface area (Å²) in [5.74, 6) is 0. The Bertz CT molecular complexity index is 2090. The first-order valence-corrected chi connectivity index (χ1v) is 27.7. The van der Waals surface area contributed by atoms with E-state index in [-0.39, 0.29) is 0 Å². The Morgan fingerprint density at radius 2 is 0.661 bits per heavy atom. The maximum atomic E-state index is 4.93. The molecule has 0 heterocycles. The molecule has 0 saturated heterocycles. The fourth-order valence-corrected chi connectivity index (χ4v) is 7.07. The third-order valence-electron chi connectivity index (χ3n) is 10.2. The van der Waals surface area contributed by atoms with Gasteiger partial charge < -0.3 is 0 Å². The number of hydrogen-bond donors (Lipinski definition) is 0. The van der Waals surface area contributed by atoms with Crippen LogP contribution in [0.25, 0.3) is 66.1 Å². The molecule has 8 rings (SSSR count). The van der Waals surface area contributed by atoms with Crippen LogP contribution in [0.2, 0.25) is 13.1 Å². The van der Waals surface area contributed by atoms with Crippen LogP contribution in [-0.2, 0) is 33.7 Å². The van der Waals surface area contributed by atoms with E-state index in [0.717, 1.165) is 22.4 Å². The molecule has 0 amide bonds. The minimum absolute atomic E-state index is 0.826. The zero-order valence-corrected chi connectivity index (χ0v) is 39.0. The van der Waals surface area contributed by atoms with Crippen LogP contribution in [0, 0.1) is 27.7 Å². The predicted octanol–water partition coefficient (Wildman–Crippen LogP) is 16.3. The molecule has 0 saturated carbocycles. The molecule has 0 aliphatic heterocycles. The molecule has 0 N–H and O–H groups in total. The summed E-state index contributed by atoms with van der Waals surface area (Å²) in [6, 6.07) is 54.0. The van der Waals surface area contributed by atoms with E-state index >= 15 is 0 Å². The van der Waals surface area contributed by atoms with Crippen molar-refractivity contribution in [2.24, 2.45) is 0 Å². The van der Waals surface area contributed by atoms with Crippen molar-refractivity contribution in [3.8, 4) is 44.5 Å². The van der Waals surface area contributed by atoms with Crippen LogP contribution in [0.15, 0.2) is 146 Å². The molecule has 0 fully saturated rings. The SMILES string of the molecule is CCc1cc2c(-c3ccc(C)cc3)ccc(-c3ccc(C)cc3)c2[cH-]1.CCc1cc2c(-c3ccc(C)cc3)ccc(-c3ccc(C)cc3)c2[cH-]1.C[Si]C.[Cl][Zr+2][Cl]. The van der Waals surface area contributed by atoms with Gasteiger partial charge in [0.15, 0.2) is 0 Å². The number of rotatable bonds is 6. The van der Waals surface area contributed by atoms with E-state index in [1.165, 1.54) is 99.4 Å². The molecular formula is C52H52Cl2SiZr. The number of halogens is 2. The summed E-state index contributed by atoms with van der Waals surface area (Å²) < 4.78 is 0. The zero-order valence-electron chi connectivity index (χ0n) is 34.0. The predicted molar refractivity (Wildman–Crippen MR) is 248 cm³/mol. The van der Waals surface area contributed by atoms with Gasteiger partial charge in [-0.05, 0) is 51.7 Å². The van der Waals surface area contributed by atoms with Gasteiger partial charge in [-0.3, -0.25) is 0 Å². The fraction of sp³-hybridized carbons (Fsp3) is 0.192. The Kier molecular flexibility index (Phi) is 16.3. The number of aryl methyl sites for hydroxylation is 6. The van der Waals surface area contributed by atoms with Crippen molar-refractivity contribution in [2.45, 2.75) is 67.5 Å². The Balaban J connectivity index is 0.000000188. The normalized spacial score (nSPS) is 10.5. The third kappa shape index (κ3) is 10.8. The van der Waals surface area contributed by atoms with Crippen LogP contribution in [0.5, 0.6) is 0 Å².